The fourth-order valence-corrected chi connectivity index (χ4v) is 5.70. The molecule has 3 aromatic carbocycles. The van der Waals surface area contributed by atoms with E-state index in [1.807, 2.05) is 59.5 Å². The first-order valence-corrected chi connectivity index (χ1v) is 13.4. The fourth-order valence-electron chi connectivity index (χ4n) is 5.70. The topological polar surface area (TPSA) is 110 Å². The van der Waals surface area contributed by atoms with Gasteiger partial charge < -0.3 is 30.1 Å². The Hall–Kier alpha value is -3.14. The van der Waals surface area contributed by atoms with Crippen molar-refractivity contribution in [2.45, 2.75) is 62.2 Å². The molecule has 0 spiro atoms. The van der Waals surface area contributed by atoms with Gasteiger partial charge in [-0.3, -0.25) is 4.79 Å². The van der Waals surface area contributed by atoms with E-state index in [2.05, 4.69) is 0 Å². The van der Waals surface area contributed by atoms with Crippen LogP contribution in [0.5, 0.6) is 0 Å². The number of hydrogen-bond donors (Lipinski definition) is 4. The van der Waals surface area contributed by atoms with Crippen molar-refractivity contribution in [2.75, 3.05) is 11.5 Å². The van der Waals surface area contributed by atoms with Crippen molar-refractivity contribution >= 4 is 11.6 Å². The van der Waals surface area contributed by atoms with Crippen LogP contribution in [0, 0.1) is 11.7 Å². The fraction of sp³-hybridized carbons (Fsp3) is 0.387. The van der Waals surface area contributed by atoms with Crippen LogP contribution in [0.15, 0.2) is 78.9 Å². The Labute approximate surface area is 227 Å². The molecule has 2 saturated heterocycles. The number of nitrogens with zero attached hydrogens (tertiary/aromatic N) is 1. The number of rotatable bonds is 9. The number of carbonyl (C=O) groups excluding carboxylic acids is 1. The summed E-state index contributed by atoms with van der Waals surface area (Å²) in [6, 6.07) is 23.7. The van der Waals surface area contributed by atoms with Gasteiger partial charge in [0.2, 0.25) is 5.91 Å². The minimum atomic E-state index is -1.41. The standard InChI is InChI=1S/C31H34FNO6/c32-22-15-11-19(12-16-22)5-4-8-24-27(33(31(24)38)23-6-2-1-3-7-23)21-13-9-20(10-14-21)17-25-28(35)30(37)29(36)26(18-34)39-25/h1-3,6-7,9-16,24-30,34-37H,4-5,8,17-18H2/t24-,25+,26-,27-,28+,29-,30-/m1/s1. The molecular formula is C31H34FNO6. The van der Waals surface area contributed by atoms with E-state index in [9.17, 15) is 29.6 Å². The van der Waals surface area contributed by atoms with Crippen LogP contribution in [0.1, 0.15) is 35.6 Å². The summed E-state index contributed by atoms with van der Waals surface area (Å²) in [5, 5.41) is 40.0. The third-order valence-corrected chi connectivity index (χ3v) is 7.89. The molecule has 0 bridgehead atoms. The number of β-lactam (4-membered cyclic amide) rings is 1. The summed E-state index contributed by atoms with van der Waals surface area (Å²) in [4.78, 5) is 15.1. The van der Waals surface area contributed by atoms with Crippen LogP contribution in [0.2, 0.25) is 0 Å². The molecule has 2 aliphatic heterocycles. The number of ether oxygens (including phenoxy) is 1. The summed E-state index contributed by atoms with van der Waals surface area (Å²) in [5.74, 6) is -0.362. The zero-order chi connectivity index (χ0) is 27.5. The molecule has 4 N–H and O–H groups in total. The molecule has 0 aliphatic carbocycles. The van der Waals surface area contributed by atoms with E-state index in [0.717, 1.165) is 35.2 Å². The molecule has 7 atom stereocenters. The van der Waals surface area contributed by atoms with Crippen molar-refractivity contribution in [2.24, 2.45) is 5.92 Å². The van der Waals surface area contributed by atoms with Crippen molar-refractivity contribution in [3.05, 3.63) is 101 Å². The summed E-state index contributed by atoms with van der Waals surface area (Å²) < 4.78 is 18.9. The number of aliphatic hydroxyl groups is 4. The second kappa shape index (κ2) is 11.9. The average molecular weight is 536 g/mol. The average Bonchev–Trinajstić information content (AvgIpc) is 2.96. The van der Waals surface area contributed by atoms with E-state index in [1.54, 1.807) is 12.1 Å². The summed E-state index contributed by atoms with van der Waals surface area (Å²) in [6.07, 6.45) is -3.24. The van der Waals surface area contributed by atoms with Crippen LogP contribution in [-0.2, 0) is 22.4 Å². The number of anilines is 1. The van der Waals surface area contributed by atoms with Crippen LogP contribution in [-0.4, -0.2) is 63.5 Å². The largest absolute Gasteiger partial charge is 0.394 e. The SMILES string of the molecule is O=C1[C@H](CCCc2ccc(F)cc2)[C@@H](c2ccc(C[C@@H]3O[C@H](CO)[C@@H](O)[C@H](O)[C@H]3O)cc2)N1c1ccccc1. The van der Waals surface area contributed by atoms with Gasteiger partial charge in [-0.2, -0.15) is 0 Å². The third kappa shape index (κ3) is 5.76. The predicted octanol–water partition coefficient (Wildman–Crippen LogP) is 2.94. The number of carbonyl (C=O) groups is 1. The molecule has 1 amide bonds. The van der Waals surface area contributed by atoms with Crippen molar-refractivity contribution in [1.29, 1.82) is 0 Å². The molecule has 2 aliphatic rings. The maximum absolute atomic E-state index is 13.3. The Morgan fingerprint density at radius 3 is 2.10 bits per heavy atom. The van der Waals surface area contributed by atoms with Crippen LogP contribution in [0.4, 0.5) is 10.1 Å². The number of para-hydroxylation sites is 1. The molecule has 0 saturated carbocycles. The molecule has 39 heavy (non-hydrogen) atoms. The van der Waals surface area contributed by atoms with Crippen LogP contribution in [0.25, 0.3) is 0 Å². The molecule has 206 valence electrons. The summed E-state index contributed by atoms with van der Waals surface area (Å²) in [5.41, 5.74) is 3.72. The first kappa shape index (κ1) is 27.4. The zero-order valence-corrected chi connectivity index (χ0v) is 21.5. The van der Waals surface area contributed by atoms with Gasteiger partial charge >= 0.3 is 0 Å². The monoisotopic (exact) mass is 535 g/mol. The van der Waals surface area contributed by atoms with Crippen molar-refractivity contribution in [3.8, 4) is 0 Å². The van der Waals surface area contributed by atoms with Gasteiger partial charge in [-0.25, -0.2) is 4.39 Å². The van der Waals surface area contributed by atoms with Gasteiger partial charge in [-0.15, -0.1) is 0 Å². The van der Waals surface area contributed by atoms with Crippen LogP contribution < -0.4 is 4.90 Å². The minimum absolute atomic E-state index is 0.0794. The van der Waals surface area contributed by atoms with E-state index in [4.69, 9.17) is 4.74 Å². The predicted molar refractivity (Wildman–Crippen MR) is 143 cm³/mol. The molecule has 0 radical (unpaired) electrons. The minimum Gasteiger partial charge on any atom is -0.394 e. The number of halogens is 1. The van der Waals surface area contributed by atoms with E-state index in [1.165, 1.54) is 12.1 Å². The maximum atomic E-state index is 13.3. The quantitative estimate of drug-likeness (QED) is 0.314. The normalized spacial score (nSPS) is 28.8. The van der Waals surface area contributed by atoms with Crippen molar-refractivity contribution in [1.82, 2.24) is 0 Å². The summed E-state index contributed by atoms with van der Waals surface area (Å²) in [6.45, 7) is -0.464. The first-order chi connectivity index (χ1) is 18.9. The number of benzene rings is 3. The molecule has 0 aromatic heterocycles. The second-order valence-corrected chi connectivity index (χ2v) is 10.4. The molecular weight excluding hydrogens is 501 g/mol. The lowest BCUT2D eigenvalue weighted by atomic mass is 9.78. The molecule has 0 unspecified atom stereocenters. The zero-order valence-electron chi connectivity index (χ0n) is 21.5. The molecule has 3 aromatic rings. The highest BCUT2D eigenvalue weighted by Gasteiger charge is 2.48. The van der Waals surface area contributed by atoms with Gasteiger partial charge in [0.15, 0.2) is 0 Å². The highest BCUT2D eigenvalue weighted by molar-refractivity contribution is 6.03. The number of amides is 1. The van der Waals surface area contributed by atoms with Gasteiger partial charge in [0.25, 0.3) is 0 Å². The Bertz CT molecular complexity index is 1240. The Morgan fingerprint density at radius 1 is 0.795 bits per heavy atom. The Kier molecular flexibility index (Phi) is 8.40. The lowest BCUT2D eigenvalue weighted by Crippen LogP contribution is -2.59. The molecule has 7 nitrogen and oxygen atoms in total. The van der Waals surface area contributed by atoms with E-state index in [0.29, 0.717) is 6.42 Å². The van der Waals surface area contributed by atoms with Gasteiger partial charge in [0.1, 0.15) is 30.2 Å². The van der Waals surface area contributed by atoms with Crippen molar-refractivity contribution in [3.63, 3.8) is 0 Å². The van der Waals surface area contributed by atoms with E-state index in [-0.39, 0.29) is 30.1 Å². The lowest BCUT2D eigenvalue weighted by molar-refractivity contribution is -0.228. The van der Waals surface area contributed by atoms with Gasteiger partial charge in [0, 0.05) is 12.1 Å². The Balaban J connectivity index is 1.30. The van der Waals surface area contributed by atoms with Crippen molar-refractivity contribution < 1.29 is 34.3 Å². The molecule has 5 rings (SSSR count). The highest BCUT2D eigenvalue weighted by atomic mass is 19.1. The molecule has 8 heteroatoms. The van der Waals surface area contributed by atoms with Gasteiger partial charge in [-0.05, 0) is 60.2 Å². The molecule has 2 fully saturated rings. The van der Waals surface area contributed by atoms with E-state index >= 15 is 0 Å². The number of aryl methyl sites for hydroxylation is 1. The highest BCUT2D eigenvalue weighted by Crippen LogP contribution is 2.45. The lowest BCUT2D eigenvalue weighted by Gasteiger charge is -2.48. The summed E-state index contributed by atoms with van der Waals surface area (Å²) >= 11 is 0. The maximum Gasteiger partial charge on any atom is 0.233 e. The van der Waals surface area contributed by atoms with Gasteiger partial charge in [0.05, 0.1) is 24.7 Å². The Morgan fingerprint density at radius 2 is 1.44 bits per heavy atom. The van der Waals surface area contributed by atoms with E-state index < -0.39 is 37.1 Å². The second-order valence-electron chi connectivity index (χ2n) is 10.4. The first-order valence-electron chi connectivity index (χ1n) is 13.4. The van der Waals surface area contributed by atoms with Crippen LogP contribution >= 0.6 is 0 Å². The molecule has 2 heterocycles. The third-order valence-electron chi connectivity index (χ3n) is 7.89. The smallest absolute Gasteiger partial charge is 0.233 e. The summed E-state index contributed by atoms with van der Waals surface area (Å²) in [7, 11) is 0. The number of aliphatic hydroxyl groups excluding tert-OH is 4. The van der Waals surface area contributed by atoms with Gasteiger partial charge in [-0.1, -0.05) is 54.6 Å². The number of hydrogen-bond acceptors (Lipinski definition) is 6. The van der Waals surface area contributed by atoms with Crippen LogP contribution in [0.3, 0.4) is 0 Å².